The number of nitrogens with zero attached hydrogens (tertiary/aromatic N) is 1. The number of nitrogens with one attached hydrogen (secondary N) is 1. The summed E-state index contributed by atoms with van der Waals surface area (Å²) in [6.07, 6.45) is 0. The third-order valence-electron chi connectivity index (χ3n) is 5.20. The normalized spacial score (nSPS) is 12.6. The van der Waals surface area contributed by atoms with E-state index in [1.165, 1.54) is 0 Å². The maximum atomic E-state index is 12.9. The summed E-state index contributed by atoms with van der Waals surface area (Å²) in [7, 11) is 3.48. The third kappa shape index (κ3) is 3.71. The van der Waals surface area contributed by atoms with Gasteiger partial charge in [-0.05, 0) is 45.2 Å². The topological polar surface area (TPSA) is 67.8 Å². The molecule has 2 aromatic heterocycles. The van der Waals surface area contributed by atoms with Crippen molar-refractivity contribution in [1.29, 1.82) is 0 Å². The highest BCUT2D eigenvalue weighted by Crippen LogP contribution is 2.36. The van der Waals surface area contributed by atoms with Crippen LogP contribution in [0, 0.1) is 6.92 Å². The molecule has 0 aliphatic carbocycles. The molecule has 1 amide bonds. The van der Waals surface area contributed by atoms with Crippen molar-refractivity contribution in [3.63, 3.8) is 0 Å². The molecule has 0 aliphatic rings. The summed E-state index contributed by atoms with van der Waals surface area (Å²) in [5.41, 5.74) is 2.09. The molecule has 0 bridgehead atoms. The fourth-order valence-corrected chi connectivity index (χ4v) is 3.41. The number of fused-ring (bicyclic) bond motifs is 3. The van der Waals surface area contributed by atoms with Gasteiger partial charge < -0.3 is 18.9 Å². The molecule has 4 rings (SSSR count). The first-order valence-electron chi connectivity index (χ1n) is 9.52. The predicted molar refractivity (Wildman–Crippen MR) is 113 cm³/mol. The molecule has 29 heavy (non-hydrogen) atoms. The van der Waals surface area contributed by atoms with Crippen LogP contribution in [0.4, 0.5) is 5.69 Å². The number of likely N-dealkylation sites (N-methyl/N-ethyl adjacent to an activating group) is 1. The minimum absolute atomic E-state index is 0.135. The Hall–Kier alpha value is -3.25. The van der Waals surface area contributed by atoms with Gasteiger partial charge in [-0.2, -0.15) is 0 Å². The van der Waals surface area contributed by atoms with Gasteiger partial charge in [0.25, 0.3) is 0 Å². The van der Waals surface area contributed by atoms with Crippen molar-refractivity contribution in [1.82, 2.24) is 4.90 Å². The van der Waals surface area contributed by atoms with Crippen LogP contribution >= 0.6 is 0 Å². The lowest BCUT2D eigenvalue weighted by Gasteiger charge is -2.23. The lowest BCUT2D eigenvalue weighted by molar-refractivity contribution is -0.120. The zero-order valence-corrected chi connectivity index (χ0v) is 17.0. The molecule has 0 aliphatic heterocycles. The molecule has 0 radical (unpaired) electrons. The van der Waals surface area contributed by atoms with Gasteiger partial charge in [-0.3, -0.25) is 9.69 Å². The van der Waals surface area contributed by atoms with Gasteiger partial charge in [0.05, 0.1) is 25.4 Å². The van der Waals surface area contributed by atoms with E-state index < -0.39 is 0 Å². The number of carbonyl (C=O) groups excluding carboxylic acids is 1. The number of benzene rings is 2. The van der Waals surface area contributed by atoms with E-state index in [4.69, 9.17) is 13.6 Å². The zero-order chi connectivity index (χ0) is 20.5. The Balaban J connectivity index is 1.57. The summed E-state index contributed by atoms with van der Waals surface area (Å²) in [6, 6.07) is 15.0. The van der Waals surface area contributed by atoms with Gasteiger partial charge in [0, 0.05) is 16.8 Å². The summed E-state index contributed by atoms with van der Waals surface area (Å²) in [4.78, 5) is 14.8. The van der Waals surface area contributed by atoms with Gasteiger partial charge in [0.1, 0.15) is 28.4 Å². The molecule has 1 atom stereocenters. The number of hydrogen-bond donors (Lipinski definition) is 1. The highest BCUT2D eigenvalue weighted by atomic mass is 16.5. The number of rotatable bonds is 6. The number of furan rings is 2. The Morgan fingerprint density at radius 3 is 2.62 bits per heavy atom. The van der Waals surface area contributed by atoms with E-state index in [-0.39, 0.29) is 11.9 Å². The molecule has 150 valence electrons. The van der Waals surface area contributed by atoms with Gasteiger partial charge in [0.2, 0.25) is 5.91 Å². The summed E-state index contributed by atoms with van der Waals surface area (Å²) >= 11 is 0. The van der Waals surface area contributed by atoms with E-state index in [2.05, 4.69) is 5.32 Å². The Morgan fingerprint density at radius 2 is 1.90 bits per heavy atom. The van der Waals surface area contributed by atoms with E-state index in [1.54, 1.807) is 7.11 Å². The van der Waals surface area contributed by atoms with Crippen molar-refractivity contribution >= 4 is 33.5 Å². The lowest BCUT2D eigenvalue weighted by Crippen LogP contribution is -2.39. The molecule has 1 N–H and O–H groups in total. The Morgan fingerprint density at radius 1 is 1.10 bits per heavy atom. The van der Waals surface area contributed by atoms with E-state index in [9.17, 15) is 4.79 Å². The average molecular weight is 392 g/mol. The SMILES string of the molecule is COc1cc2c(cc1NC(=O)[C@@H](C)N(C)Cc1ccc(C)o1)oc1ccccc12. The van der Waals surface area contributed by atoms with Gasteiger partial charge >= 0.3 is 0 Å². The number of carbonyl (C=O) groups is 1. The van der Waals surface area contributed by atoms with Crippen molar-refractivity contribution in [3.05, 3.63) is 60.1 Å². The minimum atomic E-state index is -0.364. The molecular formula is C23H24N2O4. The van der Waals surface area contributed by atoms with Crippen LogP contribution in [-0.2, 0) is 11.3 Å². The maximum absolute atomic E-state index is 12.9. The molecule has 0 fully saturated rings. The van der Waals surface area contributed by atoms with Crippen LogP contribution in [0.15, 0.2) is 57.4 Å². The van der Waals surface area contributed by atoms with E-state index >= 15 is 0 Å². The molecule has 2 aromatic carbocycles. The second-order valence-electron chi connectivity index (χ2n) is 7.24. The summed E-state index contributed by atoms with van der Waals surface area (Å²) in [5, 5.41) is 4.94. The van der Waals surface area contributed by atoms with Crippen molar-refractivity contribution in [2.75, 3.05) is 19.5 Å². The van der Waals surface area contributed by atoms with Crippen LogP contribution in [0.1, 0.15) is 18.4 Å². The van der Waals surface area contributed by atoms with Gasteiger partial charge in [-0.25, -0.2) is 0 Å². The number of aryl methyl sites for hydroxylation is 1. The molecule has 6 nitrogen and oxygen atoms in total. The summed E-state index contributed by atoms with van der Waals surface area (Å²) < 4.78 is 17.1. The Labute approximate surface area is 169 Å². The van der Waals surface area contributed by atoms with Gasteiger partial charge in [0.15, 0.2) is 0 Å². The second kappa shape index (κ2) is 7.64. The van der Waals surface area contributed by atoms with Crippen LogP contribution in [0.5, 0.6) is 5.75 Å². The van der Waals surface area contributed by atoms with Crippen LogP contribution in [-0.4, -0.2) is 31.0 Å². The number of anilines is 1. The molecule has 0 saturated carbocycles. The highest BCUT2D eigenvalue weighted by molar-refractivity contribution is 6.08. The summed E-state index contributed by atoms with van der Waals surface area (Å²) in [5.74, 6) is 2.14. The third-order valence-corrected chi connectivity index (χ3v) is 5.20. The first-order valence-corrected chi connectivity index (χ1v) is 9.52. The molecule has 2 heterocycles. The number of ether oxygens (including phenoxy) is 1. The van der Waals surface area contributed by atoms with Gasteiger partial charge in [-0.15, -0.1) is 0 Å². The fraction of sp³-hybridized carbons (Fsp3) is 0.261. The minimum Gasteiger partial charge on any atom is -0.495 e. The highest BCUT2D eigenvalue weighted by Gasteiger charge is 2.21. The number of methoxy groups -OCH3 is 1. The Kier molecular flexibility index (Phi) is 5.03. The molecule has 4 aromatic rings. The van der Waals surface area contributed by atoms with Crippen molar-refractivity contribution in [2.45, 2.75) is 26.4 Å². The largest absolute Gasteiger partial charge is 0.495 e. The molecule has 0 unspecified atom stereocenters. The number of para-hydroxylation sites is 1. The quantitative estimate of drug-likeness (QED) is 0.503. The van der Waals surface area contributed by atoms with Crippen molar-refractivity contribution in [2.24, 2.45) is 0 Å². The van der Waals surface area contributed by atoms with Crippen LogP contribution in [0.2, 0.25) is 0 Å². The molecule has 6 heteroatoms. The van der Waals surface area contributed by atoms with Gasteiger partial charge in [-0.1, -0.05) is 18.2 Å². The lowest BCUT2D eigenvalue weighted by atomic mass is 10.1. The summed E-state index contributed by atoms with van der Waals surface area (Å²) in [6.45, 7) is 4.31. The monoisotopic (exact) mass is 392 g/mol. The molecule has 0 saturated heterocycles. The number of hydrogen-bond acceptors (Lipinski definition) is 5. The van der Waals surface area contributed by atoms with Crippen molar-refractivity contribution in [3.8, 4) is 5.75 Å². The van der Waals surface area contributed by atoms with E-state index in [0.29, 0.717) is 23.6 Å². The number of amides is 1. The Bertz CT molecular complexity index is 1170. The van der Waals surface area contributed by atoms with E-state index in [1.807, 2.05) is 74.3 Å². The van der Waals surface area contributed by atoms with Crippen LogP contribution in [0.25, 0.3) is 21.9 Å². The first-order chi connectivity index (χ1) is 14.0. The smallest absolute Gasteiger partial charge is 0.241 e. The molecule has 0 spiro atoms. The zero-order valence-electron chi connectivity index (χ0n) is 17.0. The van der Waals surface area contributed by atoms with E-state index in [0.717, 1.165) is 27.9 Å². The van der Waals surface area contributed by atoms with Crippen LogP contribution in [0.3, 0.4) is 0 Å². The maximum Gasteiger partial charge on any atom is 0.241 e. The fourth-order valence-electron chi connectivity index (χ4n) is 3.41. The van der Waals surface area contributed by atoms with Crippen LogP contribution < -0.4 is 10.1 Å². The second-order valence-corrected chi connectivity index (χ2v) is 7.24. The average Bonchev–Trinajstić information content (AvgIpc) is 3.28. The molecular weight excluding hydrogens is 368 g/mol. The first kappa shape index (κ1) is 19.1. The standard InChI is InChI=1S/C23H24N2O4/c1-14-9-10-16(28-14)13-25(3)15(2)23(26)24-19-12-21-18(11-22(19)27-4)17-7-5-6-8-20(17)29-21/h5-12,15H,13H2,1-4H3,(H,24,26)/t15-/m1/s1. The predicted octanol–water partition coefficient (Wildman–Crippen LogP) is 4.96. The van der Waals surface area contributed by atoms with Crippen molar-refractivity contribution < 1.29 is 18.4 Å².